The summed E-state index contributed by atoms with van der Waals surface area (Å²) in [6.07, 6.45) is 2.22. The average Bonchev–Trinajstić information content (AvgIpc) is 2.41. The van der Waals surface area contributed by atoms with Crippen molar-refractivity contribution in [3.05, 3.63) is 57.9 Å². The van der Waals surface area contributed by atoms with E-state index in [-0.39, 0.29) is 5.56 Å². The number of aryl methyl sites for hydroxylation is 2. The van der Waals surface area contributed by atoms with Crippen LogP contribution >= 0.6 is 0 Å². The molecule has 2 aromatic rings. The zero-order chi connectivity index (χ0) is 14.7. The molecule has 2 rings (SSSR count). The molecule has 0 aliphatic carbocycles. The molecule has 0 unspecified atom stereocenters. The monoisotopic (exact) mass is 270 g/mol. The maximum absolute atomic E-state index is 11.9. The predicted octanol–water partition coefficient (Wildman–Crippen LogP) is 1.85. The minimum absolute atomic E-state index is 0.292. The van der Waals surface area contributed by atoms with Gasteiger partial charge < -0.3 is 5.11 Å². The third-order valence-electron chi connectivity index (χ3n) is 2.84. The van der Waals surface area contributed by atoms with Crippen molar-refractivity contribution in [3.63, 3.8) is 0 Å². The largest absolute Gasteiger partial charge is 0.478 e. The molecule has 0 fully saturated rings. The van der Waals surface area contributed by atoms with Crippen LogP contribution in [0.15, 0.2) is 41.2 Å². The van der Waals surface area contributed by atoms with E-state index in [4.69, 9.17) is 5.11 Å². The van der Waals surface area contributed by atoms with Gasteiger partial charge >= 0.3 is 5.97 Å². The van der Waals surface area contributed by atoms with Crippen LogP contribution in [0.5, 0.6) is 0 Å². The first-order valence-corrected chi connectivity index (χ1v) is 6.04. The van der Waals surface area contributed by atoms with Crippen molar-refractivity contribution in [3.8, 4) is 11.3 Å². The minimum atomic E-state index is -1.10. The summed E-state index contributed by atoms with van der Waals surface area (Å²) in [4.78, 5) is 22.4. The lowest BCUT2D eigenvalue weighted by molar-refractivity contribution is -0.131. The Morgan fingerprint density at radius 1 is 1.30 bits per heavy atom. The van der Waals surface area contributed by atoms with Crippen LogP contribution in [0.1, 0.15) is 11.1 Å². The fourth-order valence-corrected chi connectivity index (χ4v) is 1.78. The number of benzene rings is 1. The fourth-order valence-electron chi connectivity index (χ4n) is 1.78. The van der Waals surface area contributed by atoms with Gasteiger partial charge in [-0.2, -0.15) is 5.10 Å². The number of aliphatic carboxylic acids is 1. The lowest BCUT2D eigenvalue weighted by Crippen LogP contribution is -2.22. The quantitative estimate of drug-likeness (QED) is 0.864. The van der Waals surface area contributed by atoms with Gasteiger partial charge in [-0.3, -0.25) is 4.79 Å². The molecule has 0 saturated heterocycles. The van der Waals surface area contributed by atoms with Crippen molar-refractivity contribution in [2.75, 3.05) is 0 Å². The van der Waals surface area contributed by atoms with Crippen LogP contribution in [0.3, 0.4) is 0 Å². The lowest BCUT2D eigenvalue weighted by Gasteiger charge is -2.05. The number of carbonyl (C=O) groups is 1. The Morgan fingerprint density at radius 3 is 2.55 bits per heavy atom. The summed E-state index contributed by atoms with van der Waals surface area (Å²) in [5.41, 5.74) is 2.58. The lowest BCUT2D eigenvalue weighted by atomic mass is 10.1. The van der Waals surface area contributed by atoms with E-state index in [9.17, 15) is 9.59 Å². The fraction of sp³-hybridized carbons (Fsp3) is 0.133. The van der Waals surface area contributed by atoms with Gasteiger partial charge in [-0.15, -0.1) is 0 Å². The van der Waals surface area contributed by atoms with Gasteiger partial charge in [-0.1, -0.05) is 29.8 Å². The third kappa shape index (κ3) is 3.00. The van der Waals surface area contributed by atoms with E-state index < -0.39 is 5.97 Å². The van der Waals surface area contributed by atoms with Crippen LogP contribution < -0.4 is 5.56 Å². The van der Waals surface area contributed by atoms with Crippen LogP contribution in [0.4, 0.5) is 0 Å². The number of hydrogen-bond acceptors (Lipinski definition) is 3. The van der Waals surface area contributed by atoms with Gasteiger partial charge in [0.15, 0.2) is 0 Å². The Bertz CT molecular complexity index is 728. The average molecular weight is 270 g/mol. The second-order valence-corrected chi connectivity index (χ2v) is 4.45. The van der Waals surface area contributed by atoms with Crippen molar-refractivity contribution < 1.29 is 9.90 Å². The van der Waals surface area contributed by atoms with E-state index in [1.807, 2.05) is 31.2 Å². The summed E-state index contributed by atoms with van der Waals surface area (Å²) in [5.74, 6) is -1.10. The predicted molar refractivity (Wildman–Crippen MR) is 76.3 cm³/mol. The van der Waals surface area contributed by atoms with Crippen LogP contribution in [0, 0.1) is 6.92 Å². The molecule has 1 N–H and O–H groups in total. The molecule has 0 aliphatic heterocycles. The third-order valence-corrected chi connectivity index (χ3v) is 2.84. The van der Waals surface area contributed by atoms with Gasteiger partial charge in [0.25, 0.3) is 5.56 Å². The smallest absolute Gasteiger partial charge is 0.328 e. The summed E-state index contributed by atoms with van der Waals surface area (Å²) < 4.78 is 1.21. The van der Waals surface area contributed by atoms with Crippen molar-refractivity contribution in [1.29, 1.82) is 0 Å². The number of hydrogen-bond donors (Lipinski definition) is 1. The van der Waals surface area contributed by atoms with E-state index in [2.05, 4.69) is 5.10 Å². The molecule has 0 radical (unpaired) electrons. The molecule has 5 nitrogen and oxygen atoms in total. The van der Waals surface area contributed by atoms with Crippen LogP contribution in [0.25, 0.3) is 17.3 Å². The molecule has 0 saturated carbocycles. The first kappa shape index (κ1) is 13.7. The Hall–Kier alpha value is -2.69. The molecule has 102 valence electrons. The zero-order valence-electron chi connectivity index (χ0n) is 11.2. The Kier molecular flexibility index (Phi) is 3.79. The molecule has 0 atom stereocenters. The van der Waals surface area contributed by atoms with Crippen molar-refractivity contribution >= 4 is 12.0 Å². The van der Waals surface area contributed by atoms with Gasteiger partial charge in [0.1, 0.15) is 0 Å². The van der Waals surface area contributed by atoms with Gasteiger partial charge in [-0.05, 0) is 19.1 Å². The first-order chi connectivity index (χ1) is 9.47. The van der Waals surface area contributed by atoms with Crippen LogP contribution in [-0.2, 0) is 11.8 Å². The molecule has 0 amide bonds. The highest BCUT2D eigenvalue weighted by atomic mass is 16.4. The Morgan fingerprint density at radius 2 is 1.95 bits per heavy atom. The summed E-state index contributed by atoms with van der Waals surface area (Å²) in [6, 6.07) is 9.32. The summed E-state index contributed by atoms with van der Waals surface area (Å²) in [6.45, 7) is 1.99. The van der Waals surface area contributed by atoms with Gasteiger partial charge in [0, 0.05) is 24.3 Å². The maximum Gasteiger partial charge on any atom is 0.328 e. The van der Waals surface area contributed by atoms with Gasteiger partial charge in [0.2, 0.25) is 0 Å². The van der Waals surface area contributed by atoms with Crippen molar-refractivity contribution in [2.24, 2.45) is 7.05 Å². The molecule has 1 aromatic carbocycles. The SMILES string of the molecule is Cc1ccc(-c2cc(/C=C/C(=O)O)c(=O)n(C)n2)cc1. The van der Waals surface area contributed by atoms with Gasteiger partial charge in [0.05, 0.1) is 5.69 Å². The highest BCUT2D eigenvalue weighted by molar-refractivity contribution is 5.85. The first-order valence-electron chi connectivity index (χ1n) is 6.04. The van der Waals surface area contributed by atoms with E-state index in [0.717, 1.165) is 17.2 Å². The molecule has 20 heavy (non-hydrogen) atoms. The molecule has 0 spiro atoms. The molecule has 0 aliphatic rings. The minimum Gasteiger partial charge on any atom is -0.478 e. The number of nitrogens with zero attached hydrogens (tertiary/aromatic N) is 2. The number of rotatable bonds is 3. The second-order valence-electron chi connectivity index (χ2n) is 4.45. The van der Waals surface area contributed by atoms with E-state index >= 15 is 0 Å². The number of carboxylic acids is 1. The number of aromatic nitrogens is 2. The van der Waals surface area contributed by atoms with Crippen molar-refractivity contribution in [1.82, 2.24) is 9.78 Å². The molecular weight excluding hydrogens is 256 g/mol. The summed E-state index contributed by atoms with van der Waals surface area (Å²) in [5, 5.41) is 12.8. The topological polar surface area (TPSA) is 72.2 Å². The molecule has 1 aromatic heterocycles. The Labute approximate surface area is 115 Å². The molecule has 0 bridgehead atoms. The standard InChI is InChI=1S/C15H14N2O3/c1-10-3-5-11(6-4-10)13-9-12(7-8-14(18)19)15(20)17(2)16-13/h3-9H,1-2H3,(H,18,19)/b8-7+. The maximum atomic E-state index is 11.9. The zero-order valence-corrected chi connectivity index (χ0v) is 11.2. The normalized spacial score (nSPS) is 10.9. The Balaban J connectivity index is 2.53. The van der Waals surface area contributed by atoms with E-state index in [1.54, 1.807) is 6.07 Å². The second kappa shape index (κ2) is 5.52. The van der Waals surface area contributed by atoms with Crippen LogP contribution in [0.2, 0.25) is 0 Å². The number of carboxylic acid groups (broad SMARTS) is 1. The molecule has 5 heteroatoms. The highest BCUT2D eigenvalue weighted by Crippen LogP contribution is 2.17. The van der Waals surface area contributed by atoms with Crippen LogP contribution in [-0.4, -0.2) is 20.9 Å². The molecular formula is C15H14N2O3. The summed E-state index contributed by atoms with van der Waals surface area (Å²) >= 11 is 0. The molecule has 1 heterocycles. The van der Waals surface area contributed by atoms with E-state index in [1.165, 1.54) is 17.8 Å². The highest BCUT2D eigenvalue weighted by Gasteiger charge is 2.06. The van der Waals surface area contributed by atoms with E-state index in [0.29, 0.717) is 11.3 Å². The van der Waals surface area contributed by atoms with Crippen molar-refractivity contribution in [2.45, 2.75) is 6.92 Å². The van der Waals surface area contributed by atoms with Gasteiger partial charge in [-0.25, -0.2) is 9.48 Å². The summed E-state index contributed by atoms with van der Waals surface area (Å²) in [7, 11) is 1.54.